The molecule has 0 aromatic heterocycles. The summed E-state index contributed by atoms with van der Waals surface area (Å²) in [4.78, 5) is 13.3. The average molecular weight is 233 g/mol. The Labute approximate surface area is 102 Å². The van der Waals surface area contributed by atoms with Gasteiger partial charge in [0.2, 0.25) is 0 Å². The number of carbonyl (C=O) groups is 1. The number of aromatic carboxylic acids is 1. The first-order valence-corrected chi connectivity index (χ1v) is 6.23. The first-order chi connectivity index (χ1) is 8.19. The molecule has 1 fully saturated rings. The summed E-state index contributed by atoms with van der Waals surface area (Å²) in [6.07, 6.45) is 2.22. The molecule has 1 N–H and O–H groups in total. The molecule has 0 radical (unpaired) electrons. The smallest absolute Gasteiger partial charge is 0.335 e. The number of hydrogen-bond acceptors (Lipinski definition) is 2. The van der Waals surface area contributed by atoms with Crippen LogP contribution in [0, 0.1) is 5.92 Å². The second kappa shape index (κ2) is 5.32. The van der Waals surface area contributed by atoms with Gasteiger partial charge in [-0.15, -0.1) is 0 Å². The highest BCUT2D eigenvalue weighted by Crippen LogP contribution is 2.21. The highest BCUT2D eigenvalue weighted by molar-refractivity contribution is 5.87. The van der Waals surface area contributed by atoms with Crippen LogP contribution in [0.25, 0.3) is 0 Å². The lowest BCUT2D eigenvalue weighted by Crippen LogP contribution is -2.20. The van der Waals surface area contributed by atoms with Gasteiger partial charge in [0.25, 0.3) is 0 Å². The van der Waals surface area contributed by atoms with Gasteiger partial charge in [0.15, 0.2) is 0 Å². The van der Waals surface area contributed by atoms with Crippen molar-refractivity contribution >= 4 is 5.97 Å². The quantitative estimate of drug-likeness (QED) is 0.867. The lowest BCUT2D eigenvalue weighted by Gasteiger charge is -2.13. The lowest BCUT2D eigenvalue weighted by molar-refractivity contribution is 0.0696. The summed E-state index contributed by atoms with van der Waals surface area (Å²) in [6, 6.07) is 7.32. The zero-order valence-electron chi connectivity index (χ0n) is 10.2. The van der Waals surface area contributed by atoms with Gasteiger partial charge in [0.05, 0.1) is 5.56 Å². The second-order valence-electron chi connectivity index (χ2n) is 4.76. The van der Waals surface area contributed by atoms with E-state index in [4.69, 9.17) is 5.11 Å². The van der Waals surface area contributed by atoms with E-state index in [0.717, 1.165) is 25.1 Å². The minimum absolute atomic E-state index is 0.396. The molecule has 1 unspecified atom stereocenters. The zero-order valence-corrected chi connectivity index (χ0v) is 10.2. The van der Waals surface area contributed by atoms with E-state index in [2.05, 4.69) is 11.8 Å². The molecule has 3 heteroatoms. The number of carboxylic acids is 1. The van der Waals surface area contributed by atoms with Crippen molar-refractivity contribution in [2.45, 2.75) is 19.8 Å². The predicted molar refractivity (Wildman–Crippen MR) is 67.3 cm³/mol. The maximum Gasteiger partial charge on any atom is 0.335 e. The number of likely N-dealkylation sites (tertiary alicyclic amines) is 1. The third kappa shape index (κ3) is 3.07. The van der Waals surface area contributed by atoms with Crippen LogP contribution in [0.4, 0.5) is 0 Å². The van der Waals surface area contributed by atoms with E-state index in [1.165, 1.54) is 13.0 Å². The molecule has 1 heterocycles. The molecule has 92 valence electrons. The third-order valence-electron chi connectivity index (χ3n) is 3.52. The molecule has 2 rings (SSSR count). The van der Waals surface area contributed by atoms with E-state index in [0.29, 0.717) is 11.5 Å². The molecule has 1 saturated heterocycles. The zero-order chi connectivity index (χ0) is 12.3. The molecule has 1 aromatic carbocycles. The molecule has 1 aromatic rings. The van der Waals surface area contributed by atoms with Crippen LogP contribution in [0.1, 0.15) is 29.3 Å². The minimum atomic E-state index is -0.839. The van der Waals surface area contributed by atoms with E-state index < -0.39 is 5.97 Å². The van der Waals surface area contributed by atoms with Crippen LogP contribution < -0.4 is 0 Å². The molecular formula is C14H19NO2. The molecule has 1 aliphatic rings. The Balaban J connectivity index is 1.99. The summed E-state index contributed by atoms with van der Waals surface area (Å²) in [5, 5.41) is 8.94. The summed E-state index contributed by atoms with van der Waals surface area (Å²) in [5.74, 6) is -0.160. The van der Waals surface area contributed by atoms with E-state index in [1.54, 1.807) is 12.1 Å². The van der Waals surface area contributed by atoms with E-state index in [-0.39, 0.29) is 0 Å². The van der Waals surface area contributed by atoms with Crippen molar-refractivity contribution in [1.29, 1.82) is 0 Å². The van der Waals surface area contributed by atoms with Gasteiger partial charge in [-0.3, -0.25) is 0 Å². The van der Waals surface area contributed by atoms with Crippen molar-refractivity contribution in [3.8, 4) is 0 Å². The largest absolute Gasteiger partial charge is 0.478 e. The van der Waals surface area contributed by atoms with E-state index in [9.17, 15) is 4.79 Å². The van der Waals surface area contributed by atoms with Gasteiger partial charge in [-0.1, -0.05) is 19.1 Å². The monoisotopic (exact) mass is 233 g/mol. The van der Waals surface area contributed by atoms with Crippen LogP contribution in [-0.4, -0.2) is 35.6 Å². The van der Waals surface area contributed by atoms with Gasteiger partial charge in [-0.25, -0.2) is 4.79 Å². The molecule has 17 heavy (non-hydrogen) atoms. The summed E-state index contributed by atoms with van der Waals surface area (Å²) >= 11 is 0. The van der Waals surface area contributed by atoms with E-state index >= 15 is 0 Å². The molecule has 0 bridgehead atoms. The fraction of sp³-hybridized carbons (Fsp3) is 0.500. The first kappa shape index (κ1) is 12.1. The Kier molecular flexibility index (Phi) is 3.79. The fourth-order valence-corrected chi connectivity index (χ4v) is 2.53. The number of hydrogen-bond donors (Lipinski definition) is 1. The Morgan fingerprint density at radius 3 is 3.00 bits per heavy atom. The maximum absolute atomic E-state index is 10.9. The molecular weight excluding hydrogens is 214 g/mol. The van der Waals surface area contributed by atoms with Crippen LogP contribution in [0.5, 0.6) is 0 Å². The lowest BCUT2D eigenvalue weighted by atomic mass is 9.97. The fourth-order valence-electron chi connectivity index (χ4n) is 2.53. The molecule has 1 atom stereocenters. The van der Waals surface area contributed by atoms with Gasteiger partial charge in [-0.2, -0.15) is 0 Å². The second-order valence-corrected chi connectivity index (χ2v) is 4.76. The Hall–Kier alpha value is -1.35. The van der Waals surface area contributed by atoms with Crippen LogP contribution in [0.2, 0.25) is 0 Å². The van der Waals surface area contributed by atoms with Crippen molar-refractivity contribution in [2.24, 2.45) is 5.92 Å². The summed E-state index contributed by atoms with van der Waals surface area (Å²) in [7, 11) is 0. The number of rotatable bonds is 4. The Morgan fingerprint density at radius 1 is 1.53 bits per heavy atom. The normalized spacial score (nSPS) is 20.6. The molecule has 0 amide bonds. The van der Waals surface area contributed by atoms with Crippen molar-refractivity contribution in [2.75, 3.05) is 19.6 Å². The summed E-state index contributed by atoms with van der Waals surface area (Å²) < 4.78 is 0. The SMILES string of the molecule is CCN1CCC(Cc2cccc(C(=O)O)c2)C1. The van der Waals surface area contributed by atoms with E-state index in [1.807, 2.05) is 12.1 Å². The van der Waals surface area contributed by atoms with Gasteiger partial charge >= 0.3 is 5.97 Å². The van der Waals surface area contributed by atoms with Crippen molar-refractivity contribution in [1.82, 2.24) is 4.90 Å². The standard InChI is InChI=1S/C14H19NO2/c1-2-15-7-6-12(10-15)8-11-4-3-5-13(9-11)14(16)17/h3-5,9,12H,2,6-8,10H2,1H3,(H,16,17). The maximum atomic E-state index is 10.9. The summed E-state index contributed by atoms with van der Waals surface area (Å²) in [5.41, 5.74) is 1.54. The summed E-state index contributed by atoms with van der Waals surface area (Å²) in [6.45, 7) is 5.63. The van der Waals surface area contributed by atoms with Crippen molar-refractivity contribution in [3.63, 3.8) is 0 Å². The number of benzene rings is 1. The van der Waals surface area contributed by atoms with Gasteiger partial charge in [0.1, 0.15) is 0 Å². The molecule has 1 aliphatic heterocycles. The van der Waals surface area contributed by atoms with Gasteiger partial charge < -0.3 is 10.0 Å². The van der Waals surface area contributed by atoms with Crippen molar-refractivity contribution in [3.05, 3.63) is 35.4 Å². The number of nitrogens with zero attached hydrogens (tertiary/aromatic N) is 1. The molecule has 0 saturated carbocycles. The molecule has 0 aliphatic carbocycles. The van der Waals surface area contributed by atoms with Crippen LogP contribution in [-0.2, 0) is 6.42 Å². The van der Waals surface area contributed by atoms with Crippen LogP contribution >= 0.6 is 0 Å². The highest BCUT2D eigenvalue weighted by atomic mass is 16.4. The Morgan fingerprint density at radius 2 is 2.35 bits per heavy atom. The number of carboxylic acid groups (broad SMARTS) is 1. The minimum Gasteiger partial charge on any atom is -0.478 e. The third-order valence-corrected chi connectivity index (χ3v) is 3.52. The van der Waals surface area contributed by atoms with Gasteiger partial charge in [-0.05, 0) is 49.5 Å². The molecule has 3 nitrogen and oxygen atoms in total. The van der Waals surface area contributed by atoms with Gasteiger partial charge in [0, 0.05) is 6.54 Å². The highest BCUT2D eigenvalue weighted by Gasteiger charge is 2.21. The molecule has 0 spiro atoms. The average Bonchev–Trinajstić information content (AvgIpc) is 2.77. The predicted octanol–water partition coefficient (Wildman–Crippen LogP) is 2.27. The van der Waals surface area contributed by atoms with Crippen LogP contribution in [0.3, 0.4) is 0 Å². The topological polar surface area (TPSA) is 40.5 Å². The van der Waals surface area contributed by atoms with Crippen molar-refractivity contribution < 1.29 is 9.90 Å². The van der Waals surface area contributed by atoms with Crippen LogP contribution in [0.15, 0.2) is 24.3 Å². The first-order valence-electron chi connectivity index (χ1n) is 6.23. The Bertz CT molecular complexity index is 403.